The molecule has 8 heteroatoms. The lowest BCUT2D eigenvalue weighted by atomic mass is 10.2. The van der Waals surface area contributed by atoms with E-state index in [-0.39, 0.29) is 15.7 Å². The summed E-state index contributed by atoms with van der Waals surface area (Å²) in [6.45, 7) is 1.89. The van der Waals surface area contributed by atoms with Crippen molar-refractivity contribution in [3.8, 4) is 0 Å². The predicted octanol–water partition coefficient (Wildman–Crippen LogP) is 2.56. The largest absolute Gasteiger partial charge is 0.322 e. The number of primary sulfonamides is 1. The maximum Gasteiger partial charge on any atom is 0.256 e. The van der Waals surface area contributed by atoms with Gasteiger partial charge in [0.15, 0.2) is 0 Å². The standard InChI is InChI=1S/C12H11IN2O3S2/c1-7-4-9(13)2-3-10(7)15-12(16)8-5-11(19-6-8)20(14,17)18/h2-6H,1H3,(H,15,16)(H2,14,17,18). The van der Waals surface area contributed by atoms with Crippen molar-refractivity contribution < 1.29 is 13.2 Å². The molecule has 0 aliphatic heterocycles. The number of sulfonamides is 1. The molecule has 0 aliphatic carbocycles. The van der Waals surface area contributed by atoms with Crippen LogP contribution in [-0.4, -0.2) is 14.3 Å². The van der Waals surface area contributed by atoms with Gasteiger partial charge in [0.1, 0.15) is 4.21 Å². The van der Waals surface area contributed by atoms with Crippen LogP contribution in [0.5, 0.6) is 0 Å². The quantitative estimate of drug-likeness (QED) is 0.746. The van der Waals surface area contributed by atoms with Crippen molar-refractivity contribution in [3.63, 3.8) is 0 Å². The highest BCUT2D eigenvalue weighted by molar-refractivity contribution is 14.1. The Kier molecular flexibility index (Phi) is 4.47. The monoisotopic (exact) mass is 422 g/mol. The van der Waals surface area contributed by atoms with Crippen molar-refractivity contribution in [2.75, 3.05) is 5.32 Å². The number of halogens is 1. The van der Waals surface area contributed by atoms with Crippen molar-refractivity contribution in [2.45, 2.75) is 11.1 Å². The Bertz CT molecular complexity index is 769. The van der Waals surface area contributed by atoms with Crippen LogP contribution in [0.1, 0.15) is 15.9 Å². The van der Waals surface area contributed by atoms with Gasteiger partial charge in [0, 0.05) is 14.6 Å². The van der Waals surface area contributed by atoms with E-state index in [1.54, 1.807) is 0 Å². The minimum Gasteiger partial charge on any atom is -0.322 e. The Morgan fingerprint density at radius 3 is 2.60 bits per heavy atom. The van der Waals surface area contributed by atoms with E-state index in [1.165, 1.54) is 11.4 Å². The zero-order valence-electron chi connectivity index (χ0n) is 10.4. The third kappa shape index (κ3) is 3.57. The molecule has 0 aliphatic rings. The van der Waals surface area contributed by atoms with E-state index in [9.17, 15) is 13.2 Å². The van der Waals surface area contributed by atoms with Crippen LogP contribution in [-0.2, 0) is 10.0 Å². The van der Waals surface area contributed by atoms with Crippen LogP contribution in [0.4, 0.5) is 5.69 Å². The van der Waals surface area contributed by atoms with Gasteiger partial charge in [-0.05, 0) is 59.3 Å². The fraction of sp³-hybridized carbons (Fsp3) is 0.0833. The Morgan fingerprint density at radius 2 is 2.05 bits per heavy atom. The normalized spacial score (nSPS) is 11.3. The van der Waals surface area contributed by atoms with Crippen LogP contribution < -0.4 is 10.5 Å². The van der Waals surface area contributed by atoms with Crippen molar-refractivity contribution >= 4 is 55.5 Å². The fourth-order valence-electron chi connectivity index (χ4n) is 1.55. The number of amides is 1. The summed E-state index contributed by atoms with van der Waals surface area (Å²) in [5, 5.41) is 9.23. The van der Waals surface area contributed by atoms with Gasteiger partial charge in [-0.1, -0.05) is 0 Å². The lowest BCUT2D eigenvalue weighted by Gasteiger charge is -2.07. The predicted molar refractivity (Wildman–Crippen MR) is 87.5 cm³/mol. The highest BCUT2D eigenvalue weighted by Gasteiger charge is 2.15. The molecule has 5 nitrogen and oxygen atoms in total. The van der Waals surface area contributed by atoms with Crippen molar-refractivity contribution in [2.24, 2.45) is 5.14 Å². The molecule has 106 valence electrons. The number of nitrogens with one attached hydrogen (secondary N) is 1. The number of benzene rings is 1. The minimum atomic E-state index is -3.76. The molecule has 0 unspecified atom stereocenters. The SMILES string of the molecule is Cc1cc(I)ccc1NC(=O)c1csc(S(N)(=O)=O)c1. The summed E-state index contributed by atoms with van der Waals surface area (Å²) < 4.78 is 23.4. The van der Waals surface area contributed by atoms with Crippen LogP contribution in [0.15, 0.2) is 33.9 Å². The van der Waals surface area contributed by atoms with Gasteiger partial charge < -0.3 is 5.32 Å². The summed E-state index contributed by atoms with van der Waals surface area (Å²) in [6, 6.07) is 6.91. The van der Waals surface area contributed by atoms with Gasteiger partial charge >= 0.3 is 0 Å². The molecule has 0 spiro atoms. The molecule has 1 aromatic carbocycles. The highest BCUT2D eigenvalue weighted by atomic mass is 127. The first-order valence-corrected chi connectivity index (χ1v) is 8.96. The molecule has 0 saturated carbocycles. The van der Waals surface area contributed by atoms with E-state index >= 15 is 0 Å². The van der Waals surface area contributed by atoms with Gasteiger partial charge in [0.05, 0.1) is 5.56 Å². The third-order valence-corrected chi connectivity index (χ3v) is 5.61. The summed E-state index contributed by atoms with van der Waals surface area (Å²) in [5.41, 5.74) is 1.91. The van der Waals surface area contributed by atoms with E-state index < -0.39 is 10.0 Å². The van der Waals surface area contributed by atoms with Crippen LogP contribution in [0.3, 0.4) is 0 Å². The first kappa shape index (κ1) is 15.4. The number of thiophene rings is 1. The maximum absolute atomic E-state index is 12.0. The summed E-state index contributed by atoms with van der Waals surface area (Å²) in [7, 11) is -3.76. The molecule has 1 heterocycles. The average Bonchev–Trinajstić information content (AvgIpc) is 2.82. The van der Waals surface area contributed by atoms with Gasteiger partial charge in [-0.3, -0.25) is 4.79 Å². The van der Waals surface area contributed by atoms with Gasteiger partial charge in [0.25, 0.3) is 5.91 Å². The summed E-state index contributed by atoms with van der Waals surface area (Å²) in [6.07, 6.45) is 0. The molecular formula is C12H11IN2O3S2. The second-order valence-electron chi connectivity index (χ2n) is 4.11. The second-order valence-corrected chi connectivity index (χ2v) is 8.06. The average molecular weight is 422 g/mol. The van der Waals surface area contributed by atoms with E-state index in [0.29, 0.717) is 5.69 Å². The third-order valence-electron chi connectivity index (χ3n) is 2.55. The molecule has 0 fully saturated rings. The van der Waals surface area contributed by atoms with Crippen LogP contribution in [0.25, 0.3) is 0 Å². The van der Waals surface area contributed by atoms with E-state index in [4.69, 9.17) is 5.14 Å². The van der Waals surface area contributed by atoms with Crippen molar-refractivity contribution in [1.82, 2.24) is 0 Å². The summed E-state index contributed by atoms with van der Waals surface area (Å²) >= 11 is 3.11. The smallest absolute Gasteiger partial charge is 0.256 e. The molecule has 0 bridgehead atoms. The van der Waals surface area contributed by atoms with E-state index in [0.717, 1.165) is 20.5 Å². The molecule has 3 N–H and O–H groups in total. The molecule has 2 aromatic rings. The molecule has 20 heavy (non-hydrogen) atoms. The molecular weight excluding hydrogens is 411 g/mol. The summed E-state index contributed by atoms with van der Waals surface area (Å²) in [5.74, 6) is -0.361. The topological polar surface area (TPSA) is 89.3 Å². The number of aryl methyl sites for hydroxylation is 1. The zero-order valence-corrected chi connectivity index (χ0v) is 14.2. The lowest BCUT2D eigenvalue weighted by molar-refractivity contribution is 0.102. The first-order valence-electron chi connectivity index (χ1n) is 5.46. The second kappa shape index (κ2) is 5.80. The summed E-state index contributed by atoms with van der Waals surface area (Å²) in [4.78, 5) is 12.0. The minimum absolute atomic E-state index is 0.0259. The van der Waals surface area contributed by atoms with Crippen molar-refractivity contribution in [3.05, 3.63) is 44.3 Å². The number of nitrogens with two attached hydrogens (primary N) is 1. The highest BCUT2D eigenvalue weighted by Crippen LogP contribution is 2.22. The van der Waals surface area contributed by atoms with Gasteiger partial charge in [0.2, 0.25) is 10.0 Å². The Morgan fingerprint density at radius 1 is 1.35 bits per heavy atom. The van der Waals surface area contributed by atoms with Crippen LogP contribution in [0, 0.1) is 10.5 Å². The molecule has 0 radical (unpaired) electrons. The number of carbonyl (C=O) groups is 1. The maximum atomic E-state index is 12.0. The molecule has 0 atom stereocenters. The number of hydrogen-bond acceptors (Lipinski definition) is 4. The molecule has 0 saturated heterocycles. The van der Waals surface area contributed by atoms with Crippen LogP contribution >= 0.6 is 33.9 Å². The lowest BCUT2D eigenvalue weighted by Crippen LogP contribution is -2.13. The Hall–Kier alpha value is -0.970. The van der Waals surface area contributed by atoms with Gasteiger partial charge in [-0.25, -0.2) is 13.6 Å². The Balaban J connectivity index is 2.22. The number of hydrogen-bond donors (Lipinski definition) is 2. The van der Waals surface area contributed by atoms with Gasteiger partial charge in [-0.15, -0.1) is 11.3 Å². The van der Waals surface area contributed by atoms with Crippen LogP contribution in [0.2, 0.25) is 0 Å². The molecule has 1 amide bonds. The number of carbonyl (C=O) groups excluding carboxylic acids is 1. The molecule has 1 aromatic heterocycles. The van der Waals surface area contributed by atoms with E-state index in [1.807, 2.05) is 25.1 Å². The van der Waals surface area contributed by atoms with Crippen molar-refractivity contribution in [1.29, 1.82) is 0 Å². The number of rotatable bonds is 3. The number of anilines is 1. The van der Waals surface area contributed by atoms with Gasteiger partial charge in [-0.2, -0.15) is 0 Å². The molecule has 2 rings (SSSR count). The Labute approximate surface area is 134 Å². The van der Waals surface area contributed by atoms with E-state index in [2.05, 4.69) is 27.9 Å². The fourth-order valence-corrected chi connectivity index (χ4v) is 3.78. The zero-order chi connectivity index (χ0) is 14.9. The first-order chi connectivity index (χ1) is 9.27.